The molecule has 6 nitrogen and oxygen atoms in total. The molecule has 6 heteroatoms. The van der Waals surface area contributed by atoms with Crippen molar-refractivity contribution in [3.63, 3.8) is 0 Å². The summed E-state index contributed by atoms with van der Waals surface area (Å²) in [5, 5.41) is 20.5. The van der Waals surface area contributed by atoms with Crippen molar-refractivity contribution in [3.8, 4) is 16.9 Å². The Hall–Kier alpha value is -3.15. The summed E-state index contributed by atoms with van der Waals surface area (Å²) < 4.78 is 5.34. The molecule has 0 saturated carbocycles. The largest absolute Gasteiger partial charge is 0.507 e. The summed E-state index contributed by atoms with van der Waals surface area (Å²) in [4.78, 5) is 22.5. The maximum Gasteiger partial charge on any atom is 0.269 e. The van der Waals surface area contributed by atoms with Gasteiger partial charge in [-0.1, -0.05) is 6.07 Å². The lowest BCUT2D eigenvalue weighted by Gasteiger charge is -2.03. The van der Waals surface area contributed by atoms with Crippen LogP contribution >= 0.6 is 0 Å². The fourth-order valence-corrected chi connectivity index (χ4v) is 2.12. The van der Waals surface area contributed by atoms with Gasteiger partial charge in [0.2, 0.25) is 5.43 Å². The van der Waals surface area contributed by atoms with Crippen molar-refractivity contribution in [1.82, 2.24) is 0 Å². The van der Waals surface area contributed by atoms with Crippen LogP contribution in [0.1, 0.15) is 0 Å². The van der Waals surface area contributed by atoms with Gasteiger partial charge in [-0.2, -0.15) is 0 Å². The quantitative estimate of drug-likeness (QED) is 0.576. The van der Waals surface area contributed by atoms with E-state index in [-0.39, 0.29) is 33.4 Å². The highest BCUT2D eigenvalue weighted by molar-refractivity contribution is 5.86. The van der Waals surface area contributed by atoms with E-state index in [4.69, 9.17) is 4.42 Å². The van der Waals surface area contributed by atoms with Crippen molar-refractivity contribution in [3.05, 3.63) is 69.1 Å². The topological polar surface area (TPSA) is 93.6 Å². The molecule has 2 aromatic carbocycles. The van der Waals surface area contributed by atoms with E-state index in [1.54, 1.807) is 12.1 Å². The molecule has 0 unspecified atom stereocenters. The molecule has 1 N–H and O–H groups in total. The molecule has 0 bridgehead atoms. The first kappa shape index (κ1) is 12.9. The van der Waals surface area contributed by atoms with Gasteiger partial charge in [-0.15, -0.1) is 0 Å². The van der Waals surface area contributed by atoms with Crippen LogP contribution in [0, 0.1) is 10.1 Å². The number of phenolic OH excluding ortho intramolecular Hbond substituents is 1. The number of aromatic hydroxyl groups is 1. The molecule has 0 radical (unpaired) electrons. The van der Waals surface area contributed by atoms with E-state index in [0.29, 0.717) is 5.56 Å². The number of hydrogen-bond donors (Lipinski definition) is 1. The van der Waals surface area contributed by atoms with E-state index in [1.807, 2.05) is 0 Å². The van der Waals surface area contributed by atoms with Gasteiger partial charge in [0.25, 0.3) is 5.69 Å². The van der Waals surface area contributed by atoms with Crippen molar-refractivity contribution < 1.29 is 14.4 Å². The standard InChI is InChI=1S/C15H9NO5/c17-12-2-1-3-13-14(12)15(18)11(8-21-13)9-4-6-10(7-5-9)16(19)20/h1-8,17H. The number of phenols is 1. The molecule has 0 atom stereocenters. The predicted molar refractivity (Wildman–Crippen MR) is 76.2 cm³/mol. The molecule has 1 heterocycles. The summed E-state index contributed by atoms with van der Waals surface area (Å²) in [6.45, 7) is 0. The molecule has 1 aromatic heterocycles. The minimum absolute atomic E-state index is 0.0632. The third-order valence-corrected chi connectivity index (χ3v) is 3.17. The molecule has 21 heavy (non-hydrogen) atoms. The first-order valence-corrected chi connectivity index (χ1v) is 6.06. The fourth-order valence-electron chi connectivity index (χ4n) is 2.12. The number of benzene rings is 2. The third kappa shape index (κ3) is 2.12. The average molecular weight is 283 g/mol. The van der Waals surface area contributed by atoms with Crippen molar-refractivity contribution in [2.75, 3.05) is 0 Å². The van der Waals surface area contributed by atoms with Gasteiger partial charge in [-0.25, -0.2) is 0 Å². The number of hydrogen-bond acceptors (Lipinski definition) is 5. The van der Waals surface area contributed by atoms with Gasteiger partial charge in [0.1, 0.15) is 23.0 Å². The number of non-ortho nitro benzene ring substituents is 1. The van der Waals surface area contributed by atoms with Crippen LogP contribution in [-0.4, -0.2) is 10.0 Å². The summed E-state index contributed by atoms with van der Waals surface area (Å²) in [7, 11) is 0. The second-order valence-corrected chi connectivity index (χ2v) is 4.43. The van der Waals surface area contributed by atoms with Gasteiger partial charge in [0, 0.05) is 12.1 Å². The monoisotopic (exact) mass is 283 g/mol. The predicted octanol–water partition coefficient (Wildman–Crippen LogP) is 3.07. The van der Waals surface area contributed by atoms with E-state index in [0.717, 1.165) is 0 Å². The molecule has 3 aromatic rings. The Morgan fingerprint density at radius 3 is 2.48 bits per heavy atom. The minimum Gasteiger partial charge on any atom is -0.507 e. The summed E-state index contributed by atoms with van der Waals surface area (Å²) in [6.07, 6.45) is 1.28. The fraction of sp³-hybridized carbons (Fsp3) is 0. The number of rotatable bonds is 2. The Kier molecular flexibility index (Phi) is 2.91. The van der Waals surface area contributed by atoms with Crippen molar-refractivity contribution in [1.29, 1.82) is 0 Å². The zero-order chi connectivity index (χ0) is 15.0. The van der Waals surface area contributed by atoms with Gasteiger partial charge in [-0.3, -0.25) is 14.9 Å². The Morgan fingerprint density at radius 2 is 1.81 bits per heavy atom. The normalized spacial score (nSPS) is 10.7. The zero-order valence-electron chi connectivity index (χ0n) is 10.6. The lowest BCUT2D eigenvalue weighted by atomic mass is 10.0. The maximum atomic E-state index is 12.4. The third-order valence-electron chi connectivity index (χ3n) is 3.17. The van der Waals surface area contributed by atoms with Crippen molar-refractivity contribution in [2.45, 2.75) is 0 Å². The molecule has 0 spiro atoms. The van der Waals surface area contributed by atoms with E-state index in [2.05, 4.69) is 0 Å². The van der Waals surface area contributed by atoms with Crippen LogP contribution in [0.15, 0.2) is 57.9 Å². The first-order valence-electron chi connectivity index (χ1n) is 6.06. The van der Waals surface area contributed by atoms with Crippen LogP contribution in [0.4, 0.5) is 5.69 Å². The lowest BCUT2D eigenvalue weighted by molar-refractivity contribution is -0.384. The van der Waals surface area contributed by atoms with Gasteiger partial charge < -0.3 is 9.52 Å². The molecule has 0 amide bonds. The Balaban J connectivity index is 2.21. The first-order chi connectivity index (χ1) is 10.1. The molecule has 0 aliphatic heterocycles. The van der Waals surface area contributed by atoms with Crippen LogP contribution < -0.4 is 5.43 Å². The average Bonchev–Trinajstić information content (AvgIpc) is 2.48. The lowest BCUT2D eigenvalue weighted by Crippen LogP contribution is -2.05. The van der Waals surface area contributed by atoms with Gasteiger partial charge in [-0.05, 0) is 29.8 Å². The molecule has 0 aliphatic rings. The molecule has 104 valence electrons. The smallest absolute Gasteiger partial charge is 0.269 e. The zero-order valence-corrected chi connectivity index (χ0v) is 10.6. The molecule has 0 saturated heterocycles. The summed E-state index contributed by atoms with van der Waals surface area (Å²) in [5.74, 6) is -0.162. The van der Waals surface area contributed by atoms with Crippen molar-refractivity contribution >= 4 is 16.7 Å². The van der Waals surface area contributed by atoms with E-state index in [9.17, 15) is 20.0 Å². The molecule has 0 aliphatic carbocycles. The Morgan fingerprint density at radius 1 is 1.10 bits per heavy atom. The van der Waals surface area contributed by atoms with Gasteiger partial charge in [0.15, 0.2) is 0 Å². The van der Waals surface area contributed by atoms with Crippen LogP contribution in [0.3, 0.4) is 0 Å². The minimum atomic E-state index is -0.515. The number of nitrogens with zero attached hydrogens (tertiary/aromatic N) is 1. The van der Waals surface area contributed by atoms with Gasteiger partial charge in [0.05, 0.1) is 10.5 Å². The van der Waals surface area contributed by atoms with Crippen LogP contribution in [0.25, 0.3) is 22.1 Å². The van der Waals surface area contributed by atoms with Crippen LogP contribution in [0.5, 0.6) is 5.75 Å². The molecular weight excluding hydrogens is 274 g/mol. The summed E-state index contributed by atoms with van der Waals surface area (Å²) >= 11 is 0. The number of nitro groups is 1. The van der Waals surface area contributed by atoms with Crippen LogP contribution in [-0.2, 0) is 0 Å². The highest BCUT2D eigenvalue weighted by Gasteiger charge is 2.13. The summed E-state index contributed by atoms with van der Waals surface area (Å²) in [6, 6.07) is 10.1. The second-order valence-electron chi connectivity index (χ2n) is 4.43. The Bertz CT molecular complexity index is 896. The summed E-state index contributed by atoms with van der Waals surface area (Å²) in [5.41, 5.74) is 0.555. The molecular formula is C15H9NO5. The maximum absolute atomic E-state index is 12.4. The highest BCUT2D eigenvalue weighted by atomic mass is 16.6. The highest BCUT2D eigenvalue weighted by Crippen LogP contribution is 2.26. The molecule has 3 rings (SSSR count). The Labute approximate surface area is 118 Å². The SMILES string of the molecule is O=c1c(-c2ccc([N+](=O)[O-])cc2)coc2cccc(O)c12. The number of fused-ring (bicyclic) bond motifs is 1. The number of nitro benzene ring substituents is 1. The van der Waals surface area contributed by atoms with E-state index >= 15 is 0 Å². The van der Waals surface area contributed by atoms with Gasteiger partial charge >= 0.3 is 0 Å². The van der Waals surface area contributed by atoms with Crippen molar-refractivity contribution in [2.24, 2.45) is 0 Å². The van der Waals surface area contributed by atoms with Crippen LogP contribution in [0.2, 0.25) is 0 Å². The second kappa shape index (κ2) is 4.75. The van der Waals surface area contributed by atoms with E-state index in [1.165, 1.54) is 36.6 Å². The molecule has 0 fully saturated rings. The van der Waals surface area contributed by atoms with E-state index < -0.39 is 4.92 Å².